The minimum Gasteiger partial charge on any atom is -0.459 e. The van der Waals surface area contributed by atoms with E-state index < -0.39 is 5.60 Å². The second-order valence-electron chi connectivity index (χ2n) is 5.82. The lowest BCUT2D eigenvalue weighted by atomic mass is 10.0. The van der Waals surface area contributed by atoms with Crippen molar-refractivity contribution in [2.45, 2.75) is 71.2 Å². The maximum Gasteiger partial charge on any atom is 0.323 e. The lowest BCUT2D eigenvalue weighted by molar-refractivity contribution is -0.157. The molecule has 0 aromatic rings. The molecule has 0 bridgehead atoms. The SMILES string of the molecule is CC1CC(NC(C)C(=O)OC(C)(C)C)CCO1. The number of ether oxygens (including phenoxy) is 2. The van der Waals surface area contributed by atoms with Gasteiger partial charge in [-0.2, -0.15) is 0 Å². The zero-order valence-corrected chi connectivity index (χ0v) is 11.6. The van der Waals surface area contributed by atoms with Gasteiger partial charge in [0, 0.05) is 12.6 Å². The topological polar surface area (TPSA) is 47.6 Å². The van der Waals surface area contributed by atoms with Crippen LogP contribution in [0.3, 0.4) is 0 Å². The van der Waals surface area contributed by atoms with Gasteiger partial charge in [0.15, 0.2) is 0 Å². The van der Waals surface area contributed by atoms with E-state index in [1.165, 1.54) is 0 Å². The van der Waals surface area contributed by atoms with E-state index in [1.807, 2.05) is 27.7 Å². The first kappa shape index (κ1) is 14.5. The van der Waals surface area contributed by atoms with Crippen molar-refractivity contribution in [3.05, 3.63) is 0 Å². The molecule has 0 aromatic carbocycles. The first-order valence-electron chi connectivity index (χ1n) is 6.38. The molecule has 1 aliphatic heterocycles. The van der Waals surface area contributed by atoms with Gasteiger partial charge >= 0.3 is 5.97 Å². The highest BCUT2D eigenvalue weighted by atomic mass is 16.6. The lowest BCUT2D eigenvalue weighted by Crippen LogP contribution is -2.47. The molecule has 3 atom stereocenters. The summed E-state index contributed by atoms with van der Waals surface area (Å²) >= 11 is 0. The summed E-state index contributed by atoms with van der Waals surface area (Å²) in [5.41, 5.74) is -0.421. The first-order chi connectivity index (χ1) is 7.78. The van der Waals surface area contributed by atoms with E-state index in [1.54, 1.807) is 0 Å². The summed E-state index contributed by atoms with van der Waals surface area (Å²) in [4.78, 5) is 11.8. The van der Waals surface area contributed by atoms with Crippen molar-refractivity contribution in [2.24, 2.45) is 0 Å². The Morgan fingerprint density at radius 1 is 1.47 bits per heavy atom. The summed E-state index contributed by atoms with van der Waals surface area (Å²) in [6.07, 6.45) is 2.18. The van der Waals surface area contributed by atoms with Crippen LogP contribution in [0.25, 0.3) is 0 Å². The summed E-state index contributed by atoms with van der Waals surface area (Å²) in [6, 6.07) is 0.0887. The number of nitrogens with one attached hydrogen (secondary N) is 1. The van der Waals surface area contributed by atoms with Gasteiger partial charge < -0.3 is 14.8 Å². The molecular formula is C13H25NO3. The van der Waals surface area contributed by atoms with Crippen LogP contribution in [0.2, 0.25) is 0 Å². The zero-order chi connectivity index (χ0) is 13.1. The second-order valence-corrected chi connectivity index (χ2v) is 5.82. The van der Waals surface area contributed by atoms with E-state index >= 15 is 0 Å². The van der Waals surface area contributed by atoms with Gasteiger partial charge in [-0.1, -0.05) is 0 Å². The van der Waals surface area contributed by atoms with Gasteiger partial charge in [-0.25, -0.2) is 0 Å². The molecule has 0 aromatic heterocycles. The molecule has 17 heavy (non-hydrogen) atoms. The number of hydrogen-bond donors (Lipinski definition) is 1. The van der Waals surface area contributed by atoms with Gasteiger partial charge in [0.05, 0.1) is 6.10 Å². The number of esters is 1. The van der Waals surface area contributed by atoms with E-state index in [0.29, 0.717) is 6.04 Å². The molecule has 0 spiro atoms. The summed E-state index contributed by atoms with van der Waals surface area (Å²) in [5.74, 6) is -0.184. The highest BCUT2D eigenvalue weighted by Gasteiger charge is 2.26. The summed E-state index contributed by atoms with van der Waals surface area (Å²) in [5, 5.41) is 3.32. The number of hydrogen-bond acceptors (Lipinski definition) is 4. The van der Waals surface area contributed by atoms with Crippen LogP contribution >= 0.6 is 0 Å². The Bertz CT molecular complexity index is 260. The number of carbonyl (C=O) groups excluding carboxylic acids is 1. The predicted molar refractivity (Wildman–Crippen MR) is 66.9 cm³/mol. The van der Waals surface area contributed by atoms with Crippen molar-refractivity contribution in [3.63, 3.8) is 0 Å². The normalized spacial score (nSPS) is 27.6. The Morgan fingerprint density at radius 2 is 2.12 bits per heavy atom. The molecule has 4 heteroatoms. The van der Waals surface area contributed by atoms with Crippen LogP contribution in [-0.2, 0) is 14.3 Å². The van der Waals surface area contributed by atoms with Crippen LogP contribution in [0.15, 0.2) is 0 Å². The Balaban J connectivity index is 2.37. The standard InChI is InChI=1S/C13H25NO3/c1-9-8-11(6-7-16-9)14-10(2)12(15)17-13(3,4)5/h9-11,14H,6-8H2,1-5H3. The minimum absolute atomic E-state index is 0.184. The van der Waals surface area contributed by atoms with Crippen molar-refractivity contribution < 1.29 is 14.3 Å². The molecule has 1 N–H and O–H groups in total. The lowest BCUT2D eigenvalue weighted by Gasteiger charge is -2.30. The summed E-state index contributed by atoms with van der Waals surface area (Å²) in [7, 11) is 0. The fraction of sp³-hybridized carbons (Fsp3) is 0.923. The van der Waals surface area contributed by atoms with Crippen LogP contribution < -0.4 is 5.32 Å². The van der Waals surface area contributed by atoms with E-state index in [0.717, 1.165) is 19.4 Å². The maximum absolute atomic E-state index is 11.8. The summed E-state index contributed by atoms with van der Waals surface area (Å²) in [6.45, 7) is 10.3. The van der Waals surface area contributed by atoms with Gasteiger partial charge in [0.25, 0.3) is 0 Å². The van der Waals surface area contributed by atoms with Crippen LogP contribution in [0.5, 0.6) is 0 Å². The molecule has 0 aliphatic carbocycles. The van der Waals surface area contributed by atoms with Gasteiger partial charge in [-0.05, 0) is 47.5 Å². The third kappa shape index (κ3) is 5.50. The zero-order valence-electron chi connectivity index (χ0n) is 11.6. The van der Waals surface area contributed by atoms with E-state index in [9.17, 15) is 4.79 Å². The fourth-order valence-electron chi connectivity index (χ4n) is 1.96. The van der Waals surface area contributed by atoms with Crippen molar-refractivity contribution in [1.82, 2.24) is 5.32 Å². The maximum atomic E-state index is 11.8. The quantitative estimate of drug-likeness (QED) is 0.769. The molecular weight excluding hydrogens is 218 g/mol. The van der Waals surface area contributed by atoms with Crippen LogP contribution in [0.1, 0.15) is 47.5 Å². The average molecular weight is 243 g/mol. The molecule has 1 fully saturated rings. The molecule has 0 amide bonds. The first-order valence-corrected chi connectivity index (χ1v) is 6.38. The van der Waals surface area contributed by atoms with Crippen molar-refractivity contribution in [1.29, 1.82) is 0 Å². The van der Waals surface area contributed by atoms with Gasteiger partial charge in [0.2, 0.25) is 0 Å². The number of rotatable bonds is 3. The Morgan fingerprint density at radius 3 is 2.65 bits per heavy atom. The van der Waals surface area contributed by atoms with Crippen molar-refractivity contribution >= 4 is 5.97 Å². The molecule has 3 unspecified atom stereocenters. The molecule has 1 rings (SSSR count). The molecule has 100 valence electrons. The molecule has 4 nitrogen and oxygen atoms in total. The predicted octanol–water partition coefficient (Wildman–Crippen LogP) is 1.87. The summed E-state index contributed by atoms with van der Waals surface area (Å²) < 4.78 is 10.8. The third-order valence-electron chi connectivity index (χ3n) is 2.73. The van der Waals surface area contributed by atoms with Gasteiger partial charge in [0.1, 0.15) is 11.6 Å². The molecule has 1 saturated heterocycles. The smallest absolute Gasteiger partial charge is 0.323 e. The van der Waals surface area contributed by atoms with Crippen LogP contribution in [-0.4, -0.2) is 36.4 Å². The molecule has 0 saturated carbocycles. The Kier molecular flexibility index (Phi) is 4.95. The molecule has 0 radical (unpaired) electrons. The monoisotopic (exact) mass is 243 g/mol. The average Bonchev–Trinajstić information content (AvgIpc) is 2.14. The largest absolute Gasteiger partial charge is 0.459 e. The highest BCUT2D eigenvalue weighted by Crippen LogP contribution is 2.15. The van der Waals surface area contributed by atoms with Gasteiger partial charge in [-0.15, -0.1) is 0 Å². The van der Waals surface area contributed by atoms with Crippen molar-refractivity contribution in [3.8, 4) is 0 Å². The second kappa shape index (κ2) is 5.83. The van der Waals surface area contributed by atoms with Crippen LogP contribution in [0.4, 0.5) is 0 Å². The van der Waals surface area contributed by atoms with E-state index in [4.69, 9.17) is 9.47 Å². The molecule has 1 aliphatic rings. The van der Waals surface area contributed by atoms with Gasteiger partial charge in [-0.3, -0.25) is 4.79 Å². The Hall–Kier alpha value is -0.610. The molecule has 1 heterocycles. The Labute approximate surface area is 104 Å². The van der Waals surface area contributed by atoms with Crippen LogP contribution in [0, 0.1) is 0 Å². The third-order valence-corrected chi connectivity index (χ3v) is 2.73. The van der Waals surface area contributed by atoms with E-state index in [-0.39, 0.29) is 18.1 Å². The van der Waals surface area contributed by atoms with E-state index in [2.05, 4.69) is 12.2 Å². The number of carbonyl (C=O) groups is 1. The fourth-order valence-corrected chi connectivity index (χ4v) is 1.96. The highest BCUT2D eigenvalue weighted by molar-refractivity contribution is 5.75. The minimum atomic E-state index is -0.421. The van der Waals surface area contributed by atoms with Crippen molar-refractivity contribution in [2.75, 3.05) is 6.61 Å².